The molecule has 1 atom stereocenters. The molecule has 4 aliphatic carbocycles. The van der Waals surface area contributed by atoms with Gasteiger partial charge in [0, 0.05) is 5.41 Å². The normalized spacial score (nSPS) is 32.6. The molecule has 27 heavy (non-hydrogen) atoms. The van der Waals surface area contributed by atoms with E-state index in [1.54, 1.807) is 18.1 Å². The number of Topliss-reactive ketones (excluding diaryl/α,β-unsaturated/α-hetero) is 1. The first-order chi connectivity index (χ1) is 13.0. The van der Waals surface area contributed by atoms with Gasteiger partial charge in [-0.15, -0.1) is 10.2 Å². The molecule has 0 spiro atoms. The Kier molecular flexibility index (Phi) is 4.19. The van der Waals surface area contributed by atoms with Crippen LogP contribution >= 0.6 is 11.8 Å². The second kappa shape index (κ2) is 6.47. The SMILES string of the molecule is Cc1ccccc1-n1cnnc1SC(C)C(=O)C12CC3CC(CC(C3)C1)C2. The maximum Gasteiger partial charge on any atom is 0.196 e. The molecular formula is C22H27N3OS. The van der Waals surface area contributed by atoms with Gasteiger partial charge in [-0.3, -0.25) is 9.36 Å². The van der Waals surface area contributed by atoms with Crippen molar-refractivity contribution in [1.82, 2.24) is 14.8 Å². The number of aryl methyl sites for hydroxylation is 1. The molecule has 4 saturated carbocycles. The maximum absolute atomic E-state index is 13.6. The number of thioether (sulfide) groups is 1. The third-order valence-corrected chi connectivity index (χ3v) is 8.16. The van der Waals surface area contributed by atoms with Crippen molar-refractivity contribution < 1.29 is 4.79 Å². The van der Waals surface area contributed by atoms with Gasteiger partial charge < -0.3 is 0 Å². The quantitative estimate of drug-likeness (QED) is 0.695. The Morgan fingerprint density at radius 3 is 2.41 bits per heavy atom. The number of hydrogen-bond acceptors (Lipinski definition) is 4. The Balaban J connectivity index is 1.37. The Labute approximate surface area is 165 Å². The summed E-state index contributed by atoms with van der Waals surface area (Å²) in [5.41, 5.74) is 2.22. The van der Waals surface area contributed by atoms with Gasteiger partial charge in [-0.25, -0.2) is 0 Å². The fraction of sp³-hybridized carbons (Fsp3) is 0.591. The third kappa shape index (κ3) is 2.95. The van der Waals surface area contributed by atoms with E-state index in [1.807, 2.05) is 16.7 Å². The van der Waals surface area contributed by atoms with Crippen LogP contribution in [0.3, 0.4) is 0 Å². The number of aromatic nitrogens is 3. The lowest BCUT2D eigenvalue weighted by Crippen LogP contribution is -2.51. The van der Waals surface area contributed by atoms with Crippen molar-refractivity contribution in [2.45, 2.75) is 62.8 Å². The molecule has 6 rings (SSSR count). The molecule has 2 aromatic rings. The van der Waals surface area contributed by atoms with E-state index in [-0.39, 0.29) is 10.7 Å². The fourth-order valence-electron chi connectivity index (χ4n) is 6.36. The van der Waals surface area contributed by atoms with Gasteiger partial charge >= 0.3 is 0 Å². The van der Waals surface area contributed by atoms with Crippen LogP contribution in [0.1, 0.15) is 51.0 Å². The van der Waals surface area contributed by atoms with E-state index >= 15 is 0 Å². The van der Waals surface area contributed by atoms with E-state index in [9.17, 15) is 4.79 Å². The largest absolute Gasteiger partial charge is 0.298 e. The highest BCUT2D eigenvalue weighted by atomic mass is 32.2. The Morgan fingerprint density at radius 2 is 1.78 bits per heavy atom. The molecule has 1 aromatic carbocycles. The molecule has 5 heteroatoms. The van der Waals surface area contributed by atoms with E-state index in [0.717, 1.165) is 47.9 Å². The highest BCUT2D eigenvalue weighted by molar-refractivity contribution is 8.00. The first-order valence-electron chi connectivity index (χ1n) is 10.2. The minimum atomic E-state index is -0.0757. The first kappa shape index (κ1) is 17.5. The second-order valence-corrected chi connectivity index (χ2v) is 10.4. The highest BCUT2D eigenvalue weighted by Crippen LogP contribution is 2.61. The van der Waals surface area contributed by atoms with E-state index < -0.39 is 0 Å². The smallest absolute Gasteiger partial charge is 0.196 e. The van der Waals surface area contributed by atoms with Crippen molar-refractivity contribution >= 4 is 17.5 Å². The van der Waals surface area contributed by atoms with Crippen LogP contribution in [-0.4, -0.2) is 25.8 Å². The van der Waals surface area contributed by atoms with Crippen molar-refractivity contribution in [2.75, 3.05) is 0 Å². The number of rotatable bonds is 5. The average molecular weight is 382 g/mol. The molecule has 0 amide bonds. The lowest BCUT2D eigenvalue weighted by atomic mass is 9.48. The molecule has 1 unspecified atom stereocenters. The molecule has 0 aliphatic heterocycles. The van der Waals surface area contributed by atoms with Gasteiger partial charge in [0.2, 0.25) is 0 Å². The predicted octanol–water partition coefficient (Wildman–Crippen LogP) is 4.84. The van der Waals surface area contributed by atoms with Gasteiger partial charge in [-0.2, -0.15) is 0 Å². The maximum atomic E-state index is 13.6. The van der Waals surface area contributed by atoms with Crippen LogP contribution in [0.4, 0.5) is 0 Å². The average Bonchev–Trinajstić information content (AvgIpc) is 3.08. The zero-order chi connectivity index (χ0) is 18.6. The van der Waals surface area contributed by atoms with Crippen molar-refractivity contribution in [2.24, 2.45) is 23.2 Å². The van der Waals surface area contributed by atoms with E-state index in [2.05, 4.69) is 36.2 Å². The highest BCUT2D eigenvalue weighted by Gasteiger charge is 2.55. The van der Waals surface area contributed by atoms with Gasteiger partial charge in [-0.1, -0.05) is 30.0 Å². The molecule has 1 heterocycles. The minimum absolute atomic E-state index is 0.0469. The summed E-state index contributed by atoms with van der Waals surface area (Å²) in [7, 11) is 0. The fourth-order valence-corrected chi connectivity index (χ4v) is 7.39. The third-order valence-electron chi connectivity index (χ3n) is 7.10. The standard InChI is InChI=1S/C22H27N3OS/c1-14-5-3-4-6-19(14)25-13-23-24-21(25)27-15(2)20(26)22-10-16-7-17(11-22)9-18(8-16)12-22/h3-6,13,15-18H,7-12H2,1-2H3. The Morgan fingerprint density at radius 1 is 1.15 bits per heavy atom. The lowest BCUT2D eigenvalue weighted by Gasteiger charge is -2.56. The lowest BCUT2D eigenvalue weighted by molar-refractivity contribution is -0.142. The molecule has 4 nitrogen and oxygen atoms in total. The predicted molar refractivity (Wildman–Crippen MR) is 107 cm³/mol. The summed E-state index contributed by atoms with van der Waals surface area (Å²) >= 11 is 1.58. The van der Waals surface area contributed by atoms with Crippen LogP contribution in [0.5, 0.6) is 0 Å². The van der Waals surface area contributed by atoms with Gasteiger partial charge in [0.1, 0.15) is 6.33 Å². The Bertz CT molecular complexity index is 839. The summed E-state index contributed by atoms with van der Waals surface area (Å²) in [6.45, 7) is 4.16. The summed E-state index contributed by atoms with van der Waals surface area (Å²) in [6, 6.07) is 8.23. The molecule has 0 saturated heterocycles. The number of hydrogen-bond donors (Lipinski definition) is 0. The molecular weight excluding hydrogens is 354 g/mol. The number of benzene rings is 1. The first-order valence-corrected chi connectivity index (χ1v) is 11.1. The molecule has 4 fully saturated rings. The molecule has 1 aromatic heterocycles. The van der Waals surface area contributed by atoms with Crippen LogP contribution in [0.25, 0.3) is 5.69 Å². The molecule has 4 aliphatic rings. The minimum Gasteiger partial charge on any atom is -0.298 e. The summed E-state index contributed by atoms with van der Waals surface area (Å²) < 4.78 is 2.02. The van der Waals surface area contributed by atoms with Gasteiger partial charge in [0.25, 0.3) is 0 Å². The van der Waals surface area contributed by atoms with E-state index in [1.165, 1.54) is 24.8 Å². The number of carbonyl (C=O) groups excluding carboxylic acids is 1. The van der Waals surface area contributed by atoms with Crippen LogP contribution < -0.4 is 0 Å². The monoisotopic (exact) mass is 381 g/mol. The summed E-state index contributed by atoms with van der Waals surface area (Å²) in [6.07, 6.45) is 9.27. The summed E-state index contributed by atoms with van der Waals surface area (Å²) in [4.78, 5) is 13.6. The number of nitrogens with zero attached hydrogens (tertiary/aromatic N) is 3. The van der Waals surface area contributed by atoms with Gasteiger partial charge in [0.05, 0.1) is 10.9 Å². The Hall–Kier alpha value is -1.62. The van der Waals surface area contributed by atoms with Crippen molar-refractivity contribution in [1.29, 1.82) is 0 Å². The molecule has 4 bridgehead atoms. The number of ketones is 1. The van der Waals surface area contributed by atoms with Crippen LogP contribution in [-0.2, 0) is 4.79 Å². The van der Waals surface area contributed by atoms with Crippen LogP contribution in [0, 0.1) is 30.1 Å². The zero-order valence-electron chi connectivity index (χ0n) is 16.1. The van der Waals surface area contributed by atoms with E-state index in [4.69, 9.17) is 0 Å². The molecule has 0 N–H and O–H groups in total. The van der Waals surface area contributed by atoms with Crippen LogP contribution in [0.2, 0.25) is 0 Å². The summed E-state index contributed by atoms with van der Waals surface area (Å²) in [5.74, 6) is 2.86. The van der Waals surface area contributed by atoms with Crippen molar-refractivity contribution in [3.8, 4) is 5.69 Å². The molecule has 142 valence electrons. The zero-order valence-corrected chi connectivity index (χ0v) is 16.9. The number of para-hydroxylation sites is 1. The van der Waals surface area contributed by atoms with Gasteiger partial charge in [-0.05, 0) is 81.8 Å². The van der Waals surface area contributed by atoms with E-state index in [0.29, 0.717) is 5.78 Å². The van der Waals surface area contributed by atoms with Crippen molar-refractivity contribution in [3.63, 3.8) is 0 Å². The topological polar surface area (TPSA) is 47.8 Å². The molecule has 0 radical (unpaired) electrons. The number of carbonyl (C=O) groups is 1. The van der Waals surface area contributed by atoms with Crippen LogP contribution in [0.15, 0.2) is 35.7 Å². The summed E-state index contributed by atoms with van der Waals surface area (Å²) in [5, 5.41) is 9.19. The second-order valence-electron chi connectivity index (χ2n) is 9.09. The van der Waals surface area contributed by atoms with Gasteiger partial charge in [0.15, 0.2) is 10.9 Å². The van der Waals surface area contributed by atoms with Crippen molar-refractivity contribution in [3.05, 3.63) is 36.2 Å².